The van der Waals surface area contributed by atoms with Gasteiger partial charge in [-0.1, -0.05) is 32.9 Å². The summed E-state index contributed by atoms with van der Waals surface area (Å²) in [5, 5.41) is 0. The smallest absolute Gasteiger partial charge is 0.290 e. The van der Waals surface area contributed by atoms with Crippen LogP contribution in [0.25, 0.3) is 0 Å². The Morgan fingerprint density at radius 3 is 2.16 bits per heavy atom. The Morgan fingerprint density at radius 1 is 1.05 bits per heavy atom. The molecule has 0 saturated carbocycles. The largest absolute Gasteiger partial charge is 0.429 e. The van der Waals surface area contributed by atoms with Gasteiger partial charge in [0.2, 0.25) is 0 Å². The number of nitrogens with two attached hydrogens (primary N) is 1. The predicted molar refractivity (Wildman–Crippen MR) is 79.1 cm³/mol. The lowest BCUT2D eigenvalue weighted by Crippen LogP contribution is -2.10. The summed E-state index contributed by atoms with van der Waals surface area (Å²) in [6.07, 6.45) is 0. The molecule has 0 atom stereocenters. The number of benzene rings is 1. The van der Waals surface area contributed by atoms with Gasteiger partial charge >= 0.3 is 0 Å². The van der Waals surface area contributed by atoms with Crippen LogP contribution in [0.1, 0.15) is 32.1 Å². The molecule has 19 heavy (non-hydrogen) atoms. The summed E-state index contributed by atoms with van der Waals surface area (Å²) < 4.78 is 11.0. The summed E-state index contributed by atoms with van der Waals surface area (Å²) in [6.45, 7) is 6.93. The van der Waals surface area contributed by atoms with Gasteiger partial charge in [0.25, 0.3) is 5.95 Å². The minimum Gasteiger partial charge on any atom is -0.429 e. The van der Waals surface area contributed by atoms with E-state index in [1.807, 2.05) is 18.2 Å². The van der Waals surface area contributed by atoms with Gasteiger partial charge in [-0.15, -0.1) is 12.4 Å². The highest BCUT2D eigenvalue weighted by molar-refractivity contribution is 5.85. The zero-order valence-electron chi connectivity index (χ0n) is 11.5. The number of hydrogen-bond donors (Lipinski definition) is 1. The van der Waals surface area contributed by atoms with Gasteiger partial charge in [0.05, 0.1) is 6.54 Å². The molecule has 4 heteroatoms. The molecule has 0 bridgehead atoms. The molecule has 0 saturated heterocycles. The average molecular weight is 282 g/mol. The van der Waals surface area contributed by atoms with Gasteiger partial charge in [0.1, 0.15) is 11.5 Å². The molecule has 0 radical (unpaired) electrons. The van der Waals surface area contributed by atoms with E-state index in [9.17, 15) is 0 Å². The Labute approximate surface area is 120 Å². The molecule has 2 rings (SSSR count). The molecule has 1 aromatic carbocycles. The van der Waals surface area contributed by atoms with Crippen molar-refractivity contribution in [1.29, 1.82) is 0 Å². The number of ether oxygens (including phenoxy) is 1. The minimum atomic E-state index is 0. The topological polar surface area (TPSA) is 48.4 Å². The van der Waals surface area contributed by atoms with Crippen molar-refractivity contribution >= 4 is 12.4 Å². The summed E-state index contributed by atoms with van der Waals surface area (Å²) in [5.74, 6) is 1.95. The van der Waals surface area contributed by atoms with E-state index in [4.69, 9.17) is 14.9 Å². The first-order valence-electron chi connectivity index (χ1n) is 6.06. The van der Waals surface area contributed by atoms with Gasteiger partial charge in [-0.25, -0.2) is 0 Å². The Morgan fingerprint density at radius 2 is 1.68 bits per heavy atom. The second-order valence-electron chi connectivity index (χ2n) is 5.30. The van der Waals surface area contributed by atoms with E-state index >= 15 is 0 Å². The van der Waals surface area contributed by atoms with Crippen molar-refractivity contribution in [3.05, 3.63) is 47.7 Å². The summed E-state index contributed by atoms with van der Waals surface area (Å²) in [6, 6.07) is 11.6. The fraction of sp³-hybridized carbons (Fsp3) is 0.333. The van der Waals surface area contributed by atoms with E-state index in [0.29, 0.717) is 12.5 Å². The summed E-state index contributed by atoms with van der Waals surface area (Å²) >= 11 is 0. The molecular formula is C15H20ClNO2. The first kappa shape index (κ1) is 15.6. The first-order valence-corrected chi connectivity index (χ1v) is 6.06. The van der Waals surface area contributed by atoms with Crippen molar-refractivity contribution in [3.8, 4) is 11.7 Å². The van der Waals surface area contributed by atoms with E-state index in [0.717, 1.165) is 11.5 Å². The third kappa shape index (κ3) is 4.01. The normalized spacial score (nSPS) is 10.9. The molecule has 3 nitrogen and oxygen atoms in total. The Hall–Kier alpha value is -1.45. The minimum absolute atomic E-state index is 0. The van der Waals surface area contributed by atoms with Gasteiger partial charge in [-0.2, -0.15) is 0 Å². The zero-order chi connectivity index (χ0) is 13.2. The third-order valence-corrected chi connectivity index (χ3v) is 2.78. The van der Waals surface area contributed by atoms with Crippen LogP contribution in [0.15, 0.2) is 40.8 Å². The molecule has 0 aliphatic heterocycles. The molecule has 1 heterocycles. The molecule has 0 unspecified atom stereocenters. The van der Waals surface area contributed by atoms with Crippen LogP contribution in [0.5, 0.6) is 11.7 Å². The quantitative estimate of drug-likeness (QED) is 0.915. The summed E-state index contributed by atoms with van der Waals surface area (Å²) in [4.78, 5) is 0. The van der Waals surface area contributed by atoms with Crippen LogP contribution in [0.4, 0.5) is 0 Å². The molecule has 2 aromatic rings. The molecule has 0 fully saturated rings. The molecular weight excluding hydrogens is 262 g/mol. The Kier molecular flexibility index (Phi) is 5.04. The van der Waals surface area contributed by atoms with Crippen LogP contribution in [-0.2, 0) is 12.0 Å². The third-order valence-electron chi connectivity index (χ3n) is 2.78. The SMILES string of the molecule is CC(C)(C)c1ccc(Oc2ccc(CN)o2)cc1.Cl. The molecule has 0 aliphatic rings. The highest BCUT2D eigenvalue weighted by atomic mass is 35.5. The lowest BCUT2D eigenvalue weighted by atomic mass is 9.87. The van der Waals surface area contributed by atoms with Crippen molar-refractivity contribution in [2.45, 2.75) is 32.7 Å². The van der Waals surface area contributed by atoms with Gasteiger partial charge in [-0.05, 0) is 29.2 Å². The van der Waals surface area contributed by atoms with Crippen LogP contribution in [0, 0.1) is 0 Å². The Bertz CT molecular complexity index is 512. The fourth-order valence-electron chi connectivity index (χ4n) is 1.66. The monoisotopic (exact) mass is 281 g/mol. The van der Waals surface area contributed by atoms with Gasteiger partial charge in [-0.3, -0.25) is 0 Å². The highest BCUT2D eigenvalue weighted by Gasteiger charge is 2.13. The first-order chi connectivity index (χ1) is 8.49. The van der Waals surface area contributed by atoms with Crippen molar-refractivity contribution in [1.82, 2.24) is 0 Å². The maximum Gasteiger partial charge on any atom is 0.290 e. The van der Waals surface area contributed by atoms with Crippen LogP contribution in [-0.4, -0.2) is 0 Å². The molecule has 1 aromatic heterocycles. The van der Waals surface area contributed by atoms with Gasteiger partial charge in [0.15, 0.2) is 0 Å². The average Bonchev–Trinajstić information content (AvgIpc) is 2.76. The second kappa shape index (κ2) is 6.13. The van der Waals surface area contributed by atoms with E-state index in [1.165, 1.54) is 5.56 Å². The Balaban J connectivity index is 0.00000180. The standard InChI is InChI=1S/C15H19NO2.ClH/c1-15(2,3)11-4-6-12(7-5-11)17-14-9-8-13(10-16)18-14;/h4-9H,10,16H2,1-3H3;1H. The van der Waals surface area contributed by atoms with E-state index < -0.39 is 0 Å². The van der Waals surface area contributed by atoms with Crippen molar-refractivity contribution in [2.24, 2.45) is 5.73 Å². The van der Waals surface area contributed by atoms with Crippen LogP contribution in [0.2, 0.25) is 0 Å². The molecule has 0 amide bonds. The lowest BCUT2D eigenvalue weighted by Gasteiger charge is -2.18. The van der Waals surface area contributed by atoms with Crippen molar-refractivity contribution in [2.75, 3.05) is 0 Å². The molecule has 104 valence electrons. The van der Waals surface area contributed by atoms with E-state index in [1.54, 1.807) is 6.07 Å². The van der Waals surface area contributed by atoms with Crippen LogP contribution in [0.3, 0.4) is 0 Å². The van der Waals surface area contributed by atoms with Crippen LogP contribution >= 0.6 is 12.4 Å². The predicted octanol–water partition coefficient (Wildman–Crippen LogP) is 4.25. The van der Waals surface area contributed by atoms with E-state index in [2.05, 4.69) is 32.9 Å². The van der Waals surface area contributed by atoms with Crippen LogP contribution < -0.4 is 10.5 Å². The van der Waals surface area contributed by atoms with Crippen molar-refractivity contribution < 1.29 is 9.15 Å². The number of rotatable bonds is 3. The zero-order valence-corrected chi connectivity index (χ0v) is 12.3. The molecule has 0 aliphatic carbocycles. The number of halogens is 1. The van der Waals surface area contributed by atoms with Gasteiger partial charge in [0, 0.05) is 6.07 Å². The van der Waals surface area contributed by atoms with E-state index in [-0.39, 0.29) is 17.8 Å². The number of hydrogen-bond acceptors (Lipinski definition) is 3. The summed E-state index contributed by atoms with van der Waals surface area (Å²) in [7, 11) is 0. The lowest BCUT2D eigenvalue weighted by molar-refractivity contribution is 0.332. The fourth-order valence-corrected chi connectivity index (χ4v) is 1.66. The maximum atomic E-state index is 5.61. The van der Waals surface area contributed by atoms with Crippen molar-refractivity contribution in [3.63, 3.8) is 0 Å². The number of furan rings is 1. The van der Waals surface area contributed by atoms with Gasteiger partial charge < -0.3 is 14.9 Å². The second-order valence-corrected chi connectivity index (χ2v) is 5.30. The maximum absolute atomic E-state index is 5.61. The molecule has 2 N–H and O–H groups in total. The highest BCUT2D eigenvalue weighted by Crippen LogP contribution is 2.27. The molecule has 0 spiro atoms. The summed E-state index contributed by atoms with van der Waals surface area (Å²) in [5.41, 5.74) is 6.90.